The molecule has 0 spiro atoms. The van der Waals surface area contributed by atoms with Crippen LogP contribution in [-0.4, -0.2) is 24.3 Å². The average Bonchev–Trinajstić information content (AvgIpc) is 2.77. The lowest BCUT2D eigenvalue weighted by molar-refractivity contribution is -0.117. The Labute approximate surface area is 178 Å². The van der Waals surface area contributed by atoms with Gasteiger partial charge in [0.2, 0.25) is 11.8 Å². The lowest BCUT2D eigenvalue weighted by Crippen LogP contribution is -2.33. The van der Waals surface area contributed by atoms with E-state index in [1.54, 1.807) is 24.3 Å². The predicted molar refractivity (Wildman–Crippen MR) is 118 cm³/mol. The summed E-state index contributed by atoms with van der Waals surface area (Å²) < 4.78 is 0. The standard InChI is InChI=1S/C23H21N3O3S/c24-20(27)15-25-22(28)17-11-13-18(14-12-17)26-23(29)21(16-7-3-1-4-8-16)30-19-9-5-2-6-10-19/h1-14,21H,15H2,(H2,24,27)(H,25,28)(H,26,29)/t21-/m0/s1. The summed E-state index contributed by atoms with van der Waals surface area (Å²) in [7, 11) is 0. The van der Waals surface area contributed by atoms with Crippen LogP contribution in [0.2, 0.25) is 0 Å². The Balaban J connectivity index is 1.72. The number of amides is 3. The lowest BCUT2D eigenvalue weighted by Gasteiger charge is -2.17. The molecule has 0 bridgehead atoms. The number of primary amides is 1. The van der Waals surface area contributed by atoms with Crippen molar-refractivity contribution in [1.82, 2.24) is 5.32 Å². The Kier molecular flexibility index (Phi) is 7.24. The van der Waals surface area contributed by atoms with Crippen LogP contribution in [0.15, 0.2) is 89.8 Å². The third-order valence-electron chi connectivity index (χ3n) is 4.18. The molecule has 0 aliphatic heterocycles. The summed E-state index contributed by atoms with van der Waals surface area (Å²) >= 11 is 1.47. The van der Waals surface area contributed by atoms with Crippen LogP contribution >= 0.6 is 11.8 Å². The third-order valence-corrected chi connectivity index (χ3v) is 5.44. The SMILES string of the molecule is NC(=O)CNC(=O)c1ccc(NC(=O)[C@@H](Sc2ccccc2)c2ccccc2)cc1. The Morgan fingerprint density at radius 2 is 1.43 bits per heavy atom. The van der Waals surface area contributed by atoms with Crippen LogP contribution in [0.5, 0.6) is 0 Å². The van der Waals surface area contributed by atoms with Crippen molar-refractivity contribution >= 4 is 35.2 Å². The zero-order valence-electron chi connectivity index (χ0n) is 16.1. The van der Waals surface area contributed by atoms with E-state index in [9.17, 15) is 14.4 Å². The predicted octanol–water partition coefficient (Wildman–Crippen LogP) is 3.37. The molecular formula is C23H21N3O3S. The first-order valence-corrected chi connectivity index (χ1v) is 10.1. The van der Waals surface area contributed by atoms with Gasteiger partial charge in [0.1, 0.15) is 5.25 Å². The highest BCUT2D eigenvalue weighted by Gasteiger charge is 2.22. The van der Waals surface area contributed by atoms with Crippen LogP contribution in [-0.2, 0) is 9.59 Å². The van der Waals surface area contributed by atoms with Crippen molar-refractivity contribution in [2.45, 2.75) is 10.1 Å². The molecule has 3 amide bonds. The normalized spacial score (nSPS) is 11.3. The molecule has 6 nitrogen and oxygen atoms in total. The van der Waals surface area contributed by atoms with E-state index in [2.05, 4.69) is 10.6 Å². The summed E-state index contributed by atoms with van der Waals surface area (Å²) in [6, 6.07) is 25.7. The summed E-state index contributed by atoms with van der Waals surface area (Å²) in [4.78, 5) is 36.8. The van der Waals surface area contributed by atoms with E-state index in [0.29, 0.717) is 11.3 Å². The summed E-state index contributed by atoms with van der Waals surface area (Å²) in [5, 5.41) is 4.90. The molecular weight excluding hydrogens is 398 g/mol. The largest absolute Gasteiger partial charge is 0.368 e. The number of thioether (sulfide) groups is 1. The lowest BCUT2D eigenvalue weighted by atomic mass is 10.1. The maximum atomic E-state index is 13.1. The van der Waals surface area contributed by atoms with Crippen molar-refractivity contribution in [3.8, 4) is 0 Å². The second kappa shape index (κ2) is 10.3. The molecule has 7 heteroatoms. The maximum Gasteiger partial charge on any atom is 0.251 e. The van der Waals surface area contributed by atoms with Gasteiger partial charge >= 0.3 is 0 Å². The number of anilines is 1. The maximum absolute atomic E-state index is 13.1. The zero-order chi connectivity index (χ0) is 21.3. The van der Waals surface area contributed by atoms with E-state index in [4.69, 9.17) is 5.73 Å². The van der Waals surface area contributed by atoms with Gasteiger partial charge in [0.25, 0.3) is 5.91 Å². The molecule has 3 aromatic rings. The summed E-state index contributed by atoms with van der Waals surface area (Å²) in [5.74, 6) is -1.19. The molecule has 0 fully saturated rings. The van der Waals surface area contributed by atoms with Crippen molar-refractivity contribution in [3.63, 3.8) is 0 Å². The average molecular weight is 420 g/mol. The second-order valence-electron chi connectivity index (χ2n) is 6.44. The number of carbonyl (C=O) groups excluding carboxylic acids is 3. The van der Waals surface area contributed by atoms with Crippen molar-refractivity contribution in [3.05, 3.63) is 96.1 Å². The molecule has 0 unspecified atom stereocenters. The summed E-state index contributed by atoms with van der Waals surface area (Å²) in [6.07, 6.45) is 0. The highest BCUT2D eigenvalue weighted by Crippen LogP contribution is 2.36. The minimum Gasteiger partial charge on any atom is -0.368 e. The van der Waals surface area contributed by atoms with Gasteiger partial charge in [0.15, 0.2) is 0 Å². The molecule has 0 saturated heterocycles. The highest BCUT2D eigenvalue weighted by molar-refractivity contribution is 8.00. The molecule has 3 rings (SSSR count). The van der Waals surface area contributed by atoms with Crippen LogP contribution in [0.3, 0.4) is 0 Å². The second-order valence-corrected chi connectivity index (χ2v) is 7.62. The van der Waals surface area contributed by atoms with Gasteiger partial charge in [0, 0.05) is 16.1 Å². The van der Waals surface area contributed by atoms with Crippen molar-refractivity contribution < 1.29 is 14.4 Å². The molecule has 4 N–H and O–H groups in total. The van der Waals surface area contributed by atoms with Crippen LogP contribution in [0, 0.1) is 0 Å². The molecule has 1 atom stereocenters. The fraction of sp³-hybridized carbons (Fsp3) is 0.0870. The first-order chi connectivity index (χ1) is 14.5. The fourth-order valence-corrected chi connectivity index (χ4v) is 3.76. The van der Waals surface area contributed by atoms with Gasteiger partial charge in [-0.15, -0.1) is 11.8 Å². The number of nitrogens with two attached hydrogens (primary N) is 1. The Bertz CT molecular complexity index is 1010. The number of carbonyl (C=O) groups is 3. The first-order valence-electron chi connectivity index (χ1n) is 9.27. The van der Waals surface area contributed by atoms with Gasteiger partial charge in [0.05, 0.1) is 6.54 Å². The van der Waals surface area contributed by atoms with E-state index >= 15 is 0 Å². The van der Waals surface area contributed by atoms with E-state index in [0.717, 1.165) is 10.5 Å². The number of nitrogens with one attached hydrogen (secondary N) is 2. The van der Waals surface area contributed by atoms with Gasteiger partial charge in [-0.3, -0.25) is 14.4 Å². The van der Waals surface area contributed by atoms with Crippen LogP contribution in [0.1, 0.15) is 21.2 Å². The number of hydrogen-bond donors (Lipinski definition) is 3. The Morgan fingerprint density at radius 3 is 2.03 bits per heavy atom. The van der Waals surface area contributed by atoms with Gasteiger partial charge in [-0.25, -0.2) is 0 Å². The number of hydrogen-bond acceptors (Lipinski definition) is 4. The van der Waals surface area contributed by atoms with E-state index in [1.165, 1.54) is 11.8 Å². The van der Waals surface area contributed by atoms with Gasteiger partial charge in [-0.05, 0) is 42.0 Å². The smallest absolute Gasteiger partial charge is 0.251 e. The van der Waals surface area contributed by atoms with Gasteiger partial charge < -0.3 is 16.4 Å². The molecule has 0 aliphatic carbocycles. The quantitative estimate of drug-likeness (QED) is 0.487. The first kappa shape index (κ1) is 21.1. The molecule has 0 radical (unpaired) electrons. The topological polar surface area (TPSA) is 101 Å². The van der Waals surface area contributed by atoms with Crippen LogP contribution in [0.4, 0.5) is 5.69 Å². The molecule has 3 aromatic carbocycles. The number of benzene rings is 3. The van der Waals surface area contributed by atoms with Crippen molar-refractivity contribution in [2.24, 2.45) is 5.73 Å². The third kappa shape index (κ3) is 5.96. The Hall–Kier alpha value is -3.58. The number of rotatable bonds is 8. The fourth-order valence-electron chi connectivity index (χ4n) is 2.72. The zero-order valence-corrected chi connectivity index (χ0v) is 16.9. The molecule has 0 aliphatic rings. The molecule has 30 heavy (non-hydrogen) atoms. The summed E-state index contributed by atoms with van der Waals surface area (Å²) in [6.45, 7) is -0.229. The van der Waals surface area contributed by atoms with Crippen molar-refractivity contribution in [2.75, 3.05) is 11.9 Å². The molecule has 0 aromatic heterocycles. The minimum atomic E-state index is -0.616. The Morgan fingerprint density at radius 1 is 0.833 bits per heavy atom. The molecule has 0 heterocycles. The van der Waals surface area contributed by atoms with Gasteiger partial charge in [-0.1, -0.05) is 48.5 Å². The van der Waals surface area contributed by atoms with Crippen molar-refractivity contribution in [1.29, 1.82) is 0 Å². The summed E-state index contributed by atoms with van der Waals surface area (Å²) in [5.41, 5.74) is 6.86. The van der Waals surface area contributed by atoms with Crippen LogP contribution in [0.25, 0.3) is 0 Å². The van der Waals surface area contributed by atoms with E-state index < -0.39 is 17.1 Å². The van der Waals surface area contributed by atoms with E-state index in [-0.39, 0.29) is 12.5 Å². The van der Waals surface area contributed by atoms with E-state index in [1.807, 2.05) is 60.7 Å². The monoisotopic (exact) mass is 419 g/mol. The minimum absolute atomic E-state index is 0.166. The van der Waals surface area contributed by atoms with Gasteiger partial charge in [-0.2, -0.15) is 0 Å². The molecule has 0 saturated carbocycles. The van der Waals surface area contributed by atoms with Crippen LogP contribution < -0.4 is 16.4 Å². The molecule has 152 valence electrons. The highest BCUT2D eigenvalue weighted by atomic mass is 32.2.